The van der Waals surface area contributed by atoms with Gasteiger partial charge >= 0.3 is 0 Å². The van der Waals surface area contributed by atoms with Crippen molar-refractivity contribution in [2.45, 2.75) is 6.04 Å². The number of amides is 3. The third kappa shape index (κ3) is 3.83. The van der Waals surface area contributed by atoms with Crippen molar-refractivity contribution in [1.29, 1.82) is 0 Å². The quantitative estimate of drug-likeness (QED) is 0.347. The minimum absolute atomic E-state index is 0.316. The van der Waals surface area contributed by atoms with Crippen LogP contribution in [0.25, 0.3) is 22.0 Å². The highest BCUT2D eigenvalue weighted by Crippen LogP contribution is 2.25. The molecular weight excluding hydrogens is 372 g/mol. The molecule has 8 heteroatoms. The van der Waals surface area contributed by atoms with Gasteiger partial charge in [0.05, 0.1) is 0 Å². The van der Waals surface area contributed by atoms with Crippen LogP contribution in [0.3, 0.4) is 0 Å². The molecule has 1 heterocycles. The average Bonchev–Trinajstić information content (AvgIpc) is 3.13. The topological polar surface area (TPSA) is 104 Å². The van der Waals surface area contributed by atoms with Crippen LogP contribution in [0.4, 0.5) is 0 Å². The third-order valence-electron chi connectivity index (χ3n) is 4.91. The summed E-state index contributed by atoms with van der Waals surface area (Å²) in [6.07, 6.45) is 2.00. The summed E-state index contributed by atoms with van der Waals surface area (Å²) in [5.41, 5.74) is 4.81. The number of carbonyl (C=O) groups is 3. The number of aromatic nitrogens is 1. The Balaban J connectivity index is 1.85. The largest absolute Gasteiger partial charge is 0.357 e. The maximum absolute atomic E-state index is 12.7. The average molecular weight is 394 g/mol. The molecule has 0 radical (unpaired) electrons. The number of carbonyl (C=O) groups excluding carboxylic acids is 3. The Morgan fingerprint density at radius 1 is 1.00 bits per heavy atom. The first kappa shape index (κ1) is 20.1. The van der Waals surface area contributed by atoms with E-state index in [4.69, 9.17) is 5.21 Å². The van der Waals surface area contributed by atoms with E-state index in [1.807, 2.05) is 48.1 Å². The van der Waals surface area contributed by atoms with Crippen molar-refractivity contribution < 1.29 is 19.6 Å². The summed E-state index contributed by atoms with van der Waals surface area (Å²) in [4.78, 5) is 37.5. The van der Waals surface area contributed by atoms with E-state index in [1.165, 1.54) is 19.6 Å². The zero-order valence-electron chi connectivity index (χ0n) is 16.3. The summed E-state index contributed by atoms with van der Waals surface area (Å²) < 4.78 is 2.04. The molecule has 0 bridgehead atoms. The summed E-state index contributed by atoms with van der Waals surface area (Å²) in [6, 6.07) is 13.6. The first-order valence-electron chi connectivity index (χ1n) is 8.95. The molecule has 0 aliphatic carbocycles. The Bertz CT molecular complexity index is 1060. The van der Waals surface area contributed by atoms with Gasteiger partial charge in [0.2, 0.25) is 0 Å². The molecule has 1 atom stereocenters. The lowest BCUT2D eigenvalue weighted by Crippen LogP contribution is -2.54. The highest BCUT2D eigenvalue weighted by molar-refractivity contribution is 6.08. The van der Waals surface area contributed by atoms with Crippen LogP contribution < -0.4 is 10.8 Å². The van der Waals surface area contributed by atoms with E-state index in [1.54, 1.807) is 12.1 Å². The lowest BCUT2D eigenvalue weighted by Gasteiger charge is -2.25. The van der Waals surface area contributed by atoms with E-state index in [2.05, 4.69) is 11.4 Å². The van der Waals surface area contributed by atoms with Crippen molar-refractivity contribution in [2.24, 2.45) is 7.05 Å². The molecule has 3 N–H and O–H groups in total. The molecule has 0 aliphatic heterocycles. The van der Waals surface area contributed by atoms with E-state index in [0.29, 0.717) is 5.56 Å². The van der Waals surface area contributed by atoms with Crippen LogP contribution in [0.1, 0.15) is 10.4 Å². The fraction of sp³-hybridized carbons (Fsp3) is 0.190. The van der Waals surface area contributed by atoms with E-state index >= 15 is 0 Å². The summed E-state index contributed by atoms with van der Waals surface area (Å²) in [7, 11) is 4.66. The van der Waals surface area contributed by atoms with Gasteiger partial charge in [-0.15, -0.1) is 0 Å². The van der Waals surface area contributed by atoms with Crippen molar-refractivity contribution >= 4 is 28.6 Å². The monoisotopic (exact) mass is 394 g/mol. The van der Waals surface area contributed by atoms with Gasteiger partial charge in [-0.2, -0.15) is 0 Å². The SMILES string of the molecule is CNC(=O)C(C(=O)NO)N(C)C(=O)c1ccc(-c2ccc3c(ccn3C)c2)cc1. The number of nitrogens with one attached hydrogen (secondary N) is 2. The van der Waals surface area contributed by atoms with Crippen LogP contribution in [-0.2, 0) is 16.6 Å². The molecule has 1 aromatic heterocycles. The Kier molecular flexibility index (Phi) is 5.65. The van der Waals surface area contributed by atoms with Crippen LogP contribution in [0, 0.1) is 0 Å². The number of likely N-dealkylation sites (N-methyl/N-ethyl adjacent to an activating group) is 2. The lowest BCUT2D eigenvalue weighted by atomic mass is 10.0. The minimum Gasteiger partial charge on any atom is -0.357 e. The number of fused-ring (bicyclic) bond motifs is 1. The normalized spacial score (nSPS) is 11.7. The van der Waals surface area contributed by atoms with Crippen LogP contribution in [-0.4, -0.2) is 52.5 Å². The number of nitrogens with zero attached hydrogens (tertiary/aromatic N) is 2. The second kappa shape index (κ2) is 8.15. The standard InChI is InChI=1S/C21H22N4O4/c1-22-19(26)18(20(27)23-29)25(3)21(28)14-6-4-13(5-7-14)15-8-9-17-16(12-15)10-11-24(17)2/h4-12,18,29H,1-3H3,(H,22,26)(H,23,27). The van der Waals surface area contributed by atoms with Crippen LogP contribution in [0.15, 0.2) is 54.7 Å². The van der Waals surface area contributed by atoms with Gasteiger partial charge in [-0.1, -0.05) is 18.2 Å². The molecule has 0 aliphatic rings. The molecule has 1 unspecified atom stereocenters. The predicted octanol–water partition coefficient (Wildman–Crippen LogP) is 1.54. The first-order chi connectivity index (χ1) is 13.9. The van der Waals surface area contributed by atoms with Gasteiger partial charge in [0.25, 0.3) is 17.7 Å². The molecule has 3 rings (SSSR count). The maximum atomic E-state index is 12.7. The van der Waals surface area contributed by atoms with Gasteiger partial charge in [0.15, 0.2) is 6.04 Å². The molecule has 0 saturated heterocycles. The molecule has 8 nitrogen and oxygen atoms in total. The smallest absolute Gasteiger partial charge is 0.275 e. The van der Waals surface area contributed by atoms with Gasteiger partial charge in [-0.25, -0.2) is 5.48 Å². The highest BCUT2D eigenvalue weighted by Gasteiger charge is 2.33. The molecule has 3 aromatic rings. The van der Waals surface area contributed by atoms with Gasteiger partial charge in [0, 0.05) is 43.8 Å². The number of rotatable bonds is 5. The van der Waals surface area contributed by atoms with Crippen LogP contribution >= 0.6 is 0 Å². The zero-order valence-corrected chi connectivity index (χ0v) is 16.3. The molecule has 29 heavy (non-hydrogen) atoms. The number of benzene rings is 2. The van der Waals surface area contributed by atoms with Crippen LogP contribution in [0.2, 0.25) is 0 Å². The summed E-state index contributed by atoms with van der Waals surface area (Å²) in [5, 5.41) is 12.3. The molecule has 3 amide bonds. The second-order valence-corrected chi connectivity index (χ2v) is 6.69. The molecule has 0 spiro atoms. The Morgan fingerprint density at radius 2 is 1.66 bits per heavy atom. The number of hydrogen-bond acceptors (Lipinski definition) is 4. The predicted molar refractivity (Wildman–Crippen MR) is 108 cm³/mol. The second-order valence-electron chi connectivity index (χ2n) is 6.69. The molecule has 2 aromatic carbocycles. The molecule has 0 fully saturated rings. The minimum atomic E-state index is -1.49. The van der Waals surface area contributed by atoms with Crippen molar-refractivity contribution in [3.05, 3.63) is 60.3 Å². The van der Waals surface area contributed by atoms with E-state index in [9.17, 15) is 14.4 Å². The maximum Gasteiger partial charge on any atom is 0.275 e. The summed E-state index contributed by atoms with van der Waals surface area (Å²) in [6.45, 7) is 0. The van der Waals surface area contributed by atoms with Gasteiger partial charge < -0.3 is 14.8 Å². The number of hydroxylamine groups is 1. The Labute approximate surface area is 167 Å². The highest BCUT2D eigenvalue weighted by atomic mass is 16.5. The first-order valence-corrected chi connectivity index (χ1v) is 8.95. The van der Waals surface area contributed by atoms with Crippen LogP contribution in [0.5, 0.6) is 0 Å². The molecule has 150 valence electrons. The lowest BCUT2D eigenvalue weighted by molar-refractivity contribution is -0.140. The number of aryl methyl sites for hydroxylation is 1. The van der Waals surface area contributed by atoms with Crippen molar-refractivity contribution in [2.75, 3.05) is 14.1 Å². The van der Waals surface area contributed by atoms with E-state index in [0.717, 1.165) is 26.9 Å². The molecular formula is C21H22N4O4. The molecule has 0 saturated carbocycles. The number of hydrogen-bond donors (Lipinski definition) is 3. The van der Waals surface area contributed by atoms with Crippen molar-refractivity contribution in [1.82, 2.24) is 20.3 Å². The summed E-state index contributed by atoms with van der Waals surface area (Å²) in [5.74, 6) is -2.22. The van der Waals surface area contributed by atoms with Gasteiger partial charge in [-0.3, -0.25) is 19.6 Å². The summed E-state index contributed by atoms with van der Waals surface area (Å²) >= 11 is 0. The van der Waals surface area contributed by atoms with E-state index < -0.39 is 23.8 Å². The van der Waals surface area contributed by atoms with Gasteiger partial charge in [0.1, 0.15) is 0 Å². The fourth-order valence-electron chi connectivity index (χ4n) is 3.26. The van der Waals surface area contributed by atoms with Gasteiger partial charge in [-0.05, 0) is 41.5 Å². The van der Waals surface area contributed by atoms with Crippen molar-refractivity contribution in [3.8, 4) is 11.1 Å². The van der Waals surface area contributed by atoms with Crippen molar-refractivity contribution in [3.63, 3.8) is 0 Å². The van der Waals surface area contributed by atoms with E-state index in [-0.39, 0.29) is 0 Å². The third-order valence-corrected chi connectivity index (χ3v) is 4.91. The Hall–Kier alpha value is -3.65. The Morgan fingerprint density at radius 3 is 2.28 bits per heavy atom. The fourth-order valence-corrected chi connectivity index (χ4v) is 3.26. The zero-order chi connectivity index (χ0) is 21.1.